The van der Waals surface area contributed by atoms with Crippen LogP contribution in [0.2, 0.25) is 0 Å². The fraction of sp³-hybridized carbons (Fsp3) is 0.429. The Hall–Kier alpha value is -4.98. The van der Waals surface area contributed by atoms with Crippen LogP contribution in [0.3, 0.4) is 0 Å². The molecule has 4 aromatic carbocycles. The van der Waals surface area contributed by atoms with Gasteiger partial charge in [-0.1, -0.05) is 41.5 Å². The van der Waals surface area contributed by atoms with E-state index < -0.39 is 21.9 Å². The van der Waals surface area contributed by atoms with Crippen LogP contribution in [0.15, 0.2) is 70.5 Å². The Labute approximate surface area is 353 Å². The average molecular weight is 867 g/mol. The number of aromatic nitrogens is 6. The third-order valence-electron chi connectivity index (χ3n) is 9.10. The van der Waals surface area contributed by atoms with E-state index >= 15 is 0 Å². The third kappa shape index (κ3) is 11.2. The van der Waals surface area contributed by atoms with Gasteiger partial charge >= 0.3 is 0 Å². The molecule has 60 heavy (non-hydrogen) atoms. The second kappa shape index (κ2) is 19.6. The largest absolute Gasteiger partial charge is 0.505 e. The van der Waals surface area contributed by atoms with Gasteiger partial charge in [0.15, 0.2) is 9.84 Å². The van der Waals surface area contributed by atoms with E-state index in [1.165, 1.54) is 27.8 Å². The number of thioether (sulfide) groups is 1. The van der Waals surface area contributed by atoms with Crippen LogP contribution >= 0.6 is 11.8 Å². The predicted octanol–water partition coefficient (Wildman–Crippen LogP) is 5.22. The molecule has 0 aliphatic rings. The maximum absolute atomic E-state index is 12.2. The maximum atomic E-state index is 12.2. The van der Waals surface area contributed by atoms with Gasteiger partial charge in [0.25, 0.3) is 0 Å². The highest BCUT2D eigenvalue weighted by molar-refractivity contribution is 7.99. The van der Waals surface area contributed by atoms with Crippen molar-refractivity contribution in [3.63, 3.8) is 0 Å². The van der Waals surface area contributed by atoms with Crippen molar-refractivity contribution in [2.24, 2.45) is 0 Å². The highest BCUT2D eigenvalue weighted by atomic mass is 32.2. The van der Waals surface area contributed by atoms with E-state index in [4.69, 9.17) is 29.9 Å². The number of rotatable bonds is 16. The maximum Gasteiger partial charge on any atom is 0.180 e. The molecular weight excluding hydrogens is 813 g/mol. The van der Waals surface area contributed by atoms with E-state index in [1.54, 1.807) is 30.0 Å². The number of aromatic hydroxyl groups is 2. The van der Waals surface area contributed by atoms with Gasteiger partial charge in [0.2, 0.25) is 0 Å². The Morgan fingerprint density at radius 2 is 1.07 bits per heavy atom. The molecule has 6 aromatic rings. The molecule has 6 N–H and O–H groups in total. The van der Waals surface area contributed by atoms with Gasteiger partial charge in [-0.2, -0.15) is 0 Å². The first-order valence-electron chi connectivity index (χ1n) is 19.4. The van der Waals surface area contributed by atoms with Crippen molar-refractivity contribution in [1.29, 1.82) is 0 Å². The fourth-order valence-electron chi connectivity index (χ4n) is 6.00. The number of hydrogen-bond donors (Lipinski definition) is 6. The molecular formula is C42H54N6O10S2. The van der Waals surface area contributed by atoms with Gasteiger partial charge in [0.1, 0.15) is 56.4 Å². The summed E-state index contributed by atoms with van der Waals surface area (Å²) in [5.41, 5.74) is 3.60. The number of aliphatic hydroxyl groups excluding tert-OH is 4. The summed E-state index contributed by atoms with van der Waals surface area (Å²) in [6, 6.07) is 17.0. The number of phenolic OH excluding ortho intramolecular Hbond substituents is 2. The minimum atomic E-state index is -3.63. The Morgan fingerprint density at radius 3 is 1.52 bits per heavy atom. The van der Waals surface area contributed by atoms with Crippen molar-refractivity contribution >= 4 is 43.7 Å². The highest BCUT2D eigenvalue weighted by Crippen LogP contribution is 2.40. The van der Waals surface area contributed by atoms with E-state index in [0.29, 0.717) is 82.3 Å². The molecule has 6 rings (SSSR count). The number of sulfone groups is 1. The van der Waals surface area contributed by atoms with E-state index in [9.17, 15) is 18.6 Å². The highest BCUT2D eigenvalue weighted by Gasteiger charge is 2.26. The zero-order valence-electron chi connectivity index (χ0n) is 34.7. The summed E-state index contributed by atoms with van der Waals surface area (Å²) in [7, 11) is -3.63. The molecule has 0 unspecified atom stereocenters. The lowest BCUT2D eigenvalue weighted by Crippen LogP contribution is -2.14. The molecule has 0 spiro atoms. The van der Waals surface area contributed by atoms with Crippen molar-refractivity contribution in [1.82, 2.24) is 30.0 Å². The first kappa shape index (κ1) is 46.1. The van der Waals surface area contributed by atoms with Crippen molar-refractivity contribution in [3.05, 3.63) is 71.8 Å². The van der Waals surface area contributed by atoms with E-state index in [2.05, 4.69) is 20.4 Å². The lowest BCUT2D eigenvalue weighted by molar-refractivity contribution is 0.232. The minimum Gasteiger partial charge on any atom is -0.505 e. The molecule has 16 nitrogen and oxygen atoms in total. The molecule has 0 aliphatic carbocycles. The minimum absolute atomic E-state index is 0.00422. The molecule has 0 aliphatic heterocycles. The second-order valence-corrected chi connectivity index (χ2v) is 19.2. The summed E-state index contributed by atoms with van der Waals surface area (Å²) in [4.78, 5) is 3.71. The van der Waals surface area contributed by atoms with Gasteiger partial charge in [-0.05, 0) is 59.4 Å². The topological polar surface area (TPSA) is 235 Å². The van der Waals surface area contributed by atoms with Crippen LogP contribution < -0.4 is 9.47 Å². The molecule has 0 amide bonds. The molecule has 0 bridgehead atoms. The predicted molar refractivity (Wildman–Crippen MR) is 230 cm³/mol. The van der Waals surface area contributed by atoms with E-state index in [-0.39, 0.29) is 47.4 Å². The van der Waals surface area contributed by atoms with Crippen LogP contribution in [0.4, 0.5) is 0 Å². The number of aliphatic hydroxyl groups is 4. The average Bonchev–Trinajstić information content (AvgIpc) is 3.81. The summed E-state index contributed by atoms with van der Waals surface area (Å²) in [5, 5.41) is 75.7. The molecule has 2 heterocycles. The van der Waals surface area contributed by atoms with Crippen molar-refractivity contribution in [2.75, 3.05) is 51.1 Å². The lowest BCUT2D eigenvalue weighted by Gasteiger charge is -2.23. The number of phenols is 2. The van der Waals surface area contributed by atoms with Crippen LogP contribution in [0.5, 0.6) is 23.0 Å². The van der Waals surface area contributed by atoms with Crippen molar-refractivity contribution in [2.45, 2.75) is 75.0 Å². The van der Waals surface area contributed by atoms with Crippen LogP contribution in [0.25, 0.3) is 33.4 Å². The summed E-state index contributed by atoms with van der Waals surface area (Å²) in [5.74, 6) is 1.44. The zero-order valence-corrected chi connectivity index (χ0v) is 36.3. The zero-order chi connectivity index (χ0) is 43.8. The van der Waals surface area contributed by atoms with Crippen molar-refractivity contribution < 1.29 is 48.5 Å². The monoisotopic (exact) mass is 866 g/mol. The van der Waals surface area contributed by atoms with Crippen molar-refractivity contribution in [3.8, 4) is 34.4 Å². The first-order valence-corrected chi connectivity index (χ1v) is 22.1. The molecule has 0 atom stereocenters. The first-order chi connectivity index (χ1) is 28.4. The van der Waals surface area contributed by atoms with Crippen LogP contribution in [-0.2, 0) is 20.7 Å². The van der Waals surface area contributed by atoms with Crippen LogP contribution in [0, 0.1) is 0 Å². The molecule has 0 saturated carbocycles. The van der Waals surface area contributed by atoms with E-state index in [0.717, 1.165) is 10.5 Å². The fourth-order valence-corrected chi connectivity index (χ4v) is 7.73. The van der Waals surface area contributed by atoms with Gasteiger partial charge < -0.3 is 40.1 Å². The Morgan fingerprint density at radius 1 is 0.600 bits per heavy atom. The number of ether oxygens (including phenoxy) is 2. The van der Waals surface area contributed by atoms with Gasteiger partial charge in [-0.3, -0.25) is 0 Å². The van der Waals surface area contributed by atoms with Gasteiger partial charge in [0, 0.05) is 60.0 Å². The summed E-state index contributed by atoms with van der Waals surface area (Å²) in [6.45, 7) is 12.3. The third-order valence-corrected chi connectivity index (χ3v) is 11.8. The summed E-state index contributed by atoms with van der Waals surface area (Å²) in [6.07, 6.45) is 0.995. The van der Waals surface area contributed by atoms with Gasteiger partial charge in [-0.25, -0.2) is 8.42 Å². The summed E-state index contributed by atoms with van der Waals surface area (Å²) >= 11 is 1.55. The standard InChI is InChI=1S/C21H27N3O6S.C21H27N3O4S/c1-21(2,3)16-11-14(30-9-4-7-25)12-19(20(16)27)24-22-17-6-5-15(13-18(17)23-24)31(28,29)10-8-26;1-21(2,3)16-11-14(28-9-4-7-25)12-19(20(16)27)24-22-17-6-5-15(29-10-8-26)13-18(17)23-24/h5-6,11-13,25-27H,4,7-10H2,1-3H3;5-6,11-13,25-27H,4,7-10H2,1-3H3. The molecule has 0 saturated heterocycles. The molecule has 18 heteroatoms. The lowest BCUT2D eigenvalue weighted by atomic mass is 9.86. The molecule has 0 fully saturated rings. The number of hydrogen-bond acceptors (Lipinski definition) is 15. The van der Waals surface area contributed by atoms with Crippen LogP contribution in [-0.4, -0.2) is 120 Å². The van der Waals surface area contributed by atoms with Gasteiger partial charge in [0.05, 0.1) is 37.1 Å². The van der Waals surface area contributed by atoms with E-state index in [1.807, 2.05) is 65.8 Å². The molecule has 324 valence electrons. The molecule has 0 radical (unpaired) electrons. The number of fused-ring (bicyclic) bond motifs is 2. The molecule has 2 aromatic heterocycles. The van der Waals surface area contributed by atoms with Gasteiger partial charge in [-0.15, -0.1) is 41.7 Å². The second-order valence-electron chi connectivity index (χ2n) is 15.9. The normalized spacial score (nSPS) is 12.2. The summed E-state index contributed by atoms with van der Waals surface area (Å²) < 4.78 is 36.0. The Kier molecular flexibility index (Phi) is 15.1. The Bertz CT molecular complexity index is 2510. The number of nitrogens with zero attached hydrogens (tertiary/aromatic N) is 6. The quantitative estimate of drug-likeness (QED) is 0.0541. The van der Waals surface area contributed by atoms with Crippen LogP contribution in [0.1, 0.15) is 65.5 Å². The smallest absolute Gasteiger partial charge is 0.180 e. The SMILES string of the molecule is CC(C)(C)c1cc(OCCCO)cc(-n2nc3ccc(S(=O)(=O)CCO)cc3n2)c1O.CC(C)(C)c1cc(OCCCO)cc(-n2nc3ccc(SCCO)cc3n2)c1O. The number of benzene rings is 4. The Balaban J connectivity index is 0.000000228.